The van der Waals surface area contributed by atoms with Gasteiger partial charge in [-0.1, -0.05) is 176 Å². The van der Waals surface area contributed by atoms with E-state index in [1.165, 1.54) is 76.9 Å². The standard InChI is InChI=1S/C56H38N2/c1-2-14-39(15-3-1)40-30-33-46(34-31-40)57(48-23-11-21-45(37-48)50-27-12-18-41-16-4-6-24-49(41)50)47-22-10-20-43(36-47)44-32-35-53-52-26-8-9-28-55(52)58(56(53)38-44)54-29-13-19-42-17-5-7-25-51(42)54/h1-38H. The molecule has 0 fully saturated rings. The molecule has 0 aliphatic carbocycles. The Balaban J connectivity index is 1.07. The van der Waals surface area contributed by atoms with E-state index in [0.29, 0.717) is 0 Å². The predicted octanol–water partition coefficient (Wildman–Crippen LogP) is 15.6. The average Bonchev–Trinajstić information content (AvgIpc) is 3.63. The van der Waals surface area contributed by atoms with Crippen LogP contribution in [0.15, 0.2) is 231 Å². The van der Waals surface area contributed by atoms with E-state index in [4.69, 9.17) is 0 Å². The molecule has 0 spiro atoms. The fourth-order valence-corrected chi connectivity index (χ4v) is 8.81. The summed E-state index contributed by atoms with van der Waals surface area (Å²) in [6.07, 6.45) is 0. The minimum Gasteiger partial charge on any atom is -0.310 e. The smallest absolute Gasteiger partial charge is 0.0547 e. The monoisotopic (exact) mass is 738 g/mol. The van der Waals surface area contributed by atoms with E-state index in [0.717, 1.165) is 22.6 Å². The lowest BCUT2D eigenvalue weighted by Gasteiger charge is -2.27. The lowest BCUT2D eigenvalue weighted by atomic mass is 9.97. The fourth-order valence-electron chi connectivity index (χ4n) is 8.81. The van der Waals surface area contributed by atoms with Crippen molar-refractivity contribution in [2.45, 2.75) is 0 Å². The number of fused-ring (bicyclic) bond motifs is 5. The molecule has 10 aromatic carbocycles. The first-order valence-electron chi connectivity index (χ1n) is 19.9. The summed E-state index contributed by atoms with van der Waals surface area (Å²) in [5.41, 5.74) is 14.0. The van der Waals surface area contributed by atoms with Crippen LogP contribution in [0.4, 0.5) is 17.1 Å². The molecule has 2 nitrogen and oxygen atoms in total. The van der Waals surface area contributed by atoms with Gasteiger partial charge in [0.1, 0.15) is 0 Å². The number of anilines is 3. The van der Waals surface area contributed by atoms with Crippen LogP contribution in [0.5, 0.6) is 0 Å². The van der Waals surface area contributed by atoms with Crippen LogP contribution in [0.2, 0.25) is 0 Å². The van der Waals surface area contributed by atoms with Crippen molar-refractivity contribution in [3.05, 3.63) is 231 Å². The van der Waals surface area contributed by atoms with Crippen molar-refractivity contribution in [3.8, 4) is 39.1 Å². The molecule has 0 unspecified atom stereocenters. The summed E-state index contributed by atoms with van der Waals surface area (Å²) < 4.78 is 2.44. The molecule has 0 saturated heterocycles. The number of hydrogen-bond donors (Lipinski definition) is 0. The first kappa shape index (κ1) is 33.6. The van der Waals surface area contributed by atoms with Gasteiger partial charge in [0.05, 0.1) is 16.7 Å². The van der Waals surface area contributed by atoms with Gasteiger partial charge < -0.3 is 9.47 Å². The van der Waals surface area contributed by atoms with Crippen molar-refractivity contribution < 1.29 is 0 Å². The van der Waals surface area contributed by atoms with Crippen molar-refractivity contribution in [3.63, 3.8) is 0 Å². The Labute approximate surface area is 338 Å². The largest absolute Gasteiger partial charge is 0.310 e. The second-order valence-electron chi connectivity index (χ2n) is 15.0. The summed E-state index contributed by atoms with van der Waals surface area (Å²) >= 11 is 0. The van der Waals surface area contributed by atoms with Crippen molar-refractivity contribution >= 4 is 60.4 Å². The molecule has 0 N–H and O–H groups in total. The molecule has 0 radical (unpaired) electrons. The van der Waals surface area contributed by atoms with Crippen LogP contribution in [0.25, 0.3) is 82.4 Å². The second-order valence-corrected chi connectivity index (χ2v) is 15.0. The molecular formula is C56H38N2. The highest BCUT2D eigenvalue weighted by Gasteiger charge is 2.18. The fraction of sp³-hybridized carbons (Fsp3) is 0. The van der Waals surface area contributed by atoms with E-state index in [-0.39, 0.29) is 0 Å². The van der Waals surface area contributed by atoms with Gasteiger partial charge in [-0.15, -0.1) is 0 Å². The minimum absolute atomic E-state index is 1.09. The molecule has 58 heavy (non-hydrogen) atoms. The molecule has 2 heteroatoms. The molecule has 272 valence electrons. The van der Waals surface area contributed by atoms with Crippen LogP contribution < -0.4 is 4.90 Å². The zero-order valence-electron chi connectivity index (χ0n) is 31.8. The third-order valence-corrected chi connectivity index (χ3v) is 11.6. The number of aromatic nitrogens is 1. The second kappa shape index (κ2) is 14.1. The number of benzene rings is 10. The third kappa shape index (κ3) is 5.82. The lowest BCUT2D eigenvalue weighted by molar-refractivity contribution is 1.20. The maximum Gasteiger partial charge on any atom is 0.0547 e. The molecule has 0 aliphatic heterocycles. The molecule has 0 bridgehead atoms. The molecule has 0 amide bonds. The van der Waals surface area contributed by atoms with Gasteiger partial charge in [-0.3, -0.25) is 0 Å². The highest BCUT2D eigenvalue weighted by Crippen LogP contribution is 2.41. The van der Waals surface area contributed by atoms with Crippen molar-refractivity contribution in [2.24, 2.45) is 0 Å². The number of rotatable bonds is 7. The lowest BCUT2D eigenvalue weighted by Crippen LogP contribution is -2.10. The summed E-state index contributed by atoms with van der Waals surface area (Å²) in [5, 5.41) is 7.45. The summed E-state index contributed by atoms with van der Waals surface area (Å²) in [6, 6.07) is 83.7. The average molecular weight is 739 g/mol. The van der Waals surface area contributed by atoms with Crippen molar-refractivity contribution in [2.75, 3.05) is 4.90 Å². The van der Waals surface area contributed by atoms with Crippen LogP contribution in [0.3, 0.4) is 0 Å². The van der Waals surface area contributed by atoms with Crippen LogP contribution >= 0.6 is 0 Å². The first-order chi connectivity index (χ1) is 28.8. The molecule has 0 aliphatic rings. The molecule has 11 aromatic rings. The Bertz CT molecular complexity index is 3270. The van der Waals surface area contributed by atoms with E-state index in [9.17, 15) is 0 Å². The number of hydrogen-bond acceptors (Lipinski definition) is 1. The van der Waals surface area contributed by atoms with Gasteiger partial charge in [0.2, 0.25) is 0 Å². The van der Waals surface area contributed by atoms with Crippen molar-refractivity contribution in [1.82, 2.24) is 4.57 Å². The predicted molar refractivity (Wildman–Crippen MR) is 247 cm³/mol. The molecule has 0 atom stereocenters. The normalized spacial score (nSPS) is 11.4. The highest BCUT2D eigenvalue weighted by molar-refractivity contribution is 6.11. The topological polar surface area (TPSA) is 8.17 Å². The molecule has 1 heterocycles. The molecule has 11 rings (SSSR count). The third-order valence-electron chi connectivity index (χ3n) is 11.6. The van der Waals surface area contributed by atoms with E-state index in [1.807, 2.05) is 0 Å². The Morgan fingerprint density at radius 2 is 0.793 bits per heavy atom. The summed E-state index contributed by atoms with van der Waals surface area (Å²) in [5.74, 6) is 0. The molecular weight excluding hydrogens is 701 g/mol. The Kier molecular flexibility index (Phi) is 8.19. The van der Waals surface area contributed by atoms with Gasteiger partial charge in [0, 0.05) is 33.2 Å². The Morgan fingerprint density at radius 1 is 0.276 bits per heavy atom. The first-order valence-corrected chi connectivity index (χ1v) is 19.9. The Morgan fingerprint density at radius 3 is 1.59 bits per heavy atom. The van der Waals surface area contributed by atoms with Gasteiger partial charge in [-0.05, 0) is 104 Å². The summed E-state index contributed by atoms with van der Waals surface area (Å²) in [6.45, 7) is 0. The van der Waals surface area contributed by atoms with Crippen LogP contribution in [-0.2, 0) is 0 Å². The number of nitrogens with zero attached hydrogens (tertiary/aromatic N) is 2. The number of para-hydroxylation sites is 1. The van der Waals surface area contributed by atoms with Crippen LogP contribution in [0, 0.1) is 0 Å². The van der Waals surface area contributed by atoms with Crippen molar-refractivity contribution in [1.29, 1.82) is 0 Å². The minimum atomic E-state index is 1.09. The van der Waals surface area contributed by atoms with Crippen LogP contribution in [-0.4, -0.2) is 4.57 Å². The maximum atomic E-state index is 2.44. The van der Waals surface area contributed by atoms with E-state index in [2.05, 4.69) is 240 Å². The van der Waals surface area contributed by atoms with Crippen LogP contribution in [0.1, 0.15) is 0 Å². The van der Waals surface area contributed by atoms with E-state index in [1.54, 1.807) is 0 Å². The highest BCUT2D eigenvalue weighted by atomic mass is 15.1. The zero-order chi connectivity index (χ0) is 38.4. The van der Waals surface area contributed by atoms with Gasteiger partial charge in [-0.25, -0.2) is 0 Å². The molecule has 1 aromatic heterocycles. The summed E-state index contributed by atoms with van der Waals surface area (Å²) in [4.78, 5) is 2.39. The molecule has 0 saturated carbocycles. The van der Waals surface area contributed by atoms with E-state index >= 15 is 0 Å². The zero-order valence-corrected chi connectivity index (χ0v) is 31.8. The maximum absolute atomic E-state index is 2.44. The van der Waals surface area contributed by atoms with Gasteiger partial charge in [0.15, 0.2) is 0 Å². The Hall–Kier alpha value is -7.68. The van der Waals surface area contributed by atoms with Gasteiger partial charge in [-0.2, -0.15) is 0 Å². The van der Waals surface area contributed by atoms with E-state index < -0.39 is 0 Å². The quantitative estimate of drug-likeness (QED) is 0.158. The van der Waals surface area contributed by atoms with Gasteiger partial charge >= 0.3 is 0 Å². The summed E-state index contributed by atoms with van der Waals surface area (Å²) in [7, 11) is 0. The van der Waals surface area contributed by atoms with Gasteiger partial charge in [0.25, 0.3) is 0 Å². The SMILES string of the molecule is c1ccc(-c2ccc(N(c3cccc(-c4ccc5c6ccccc6n(-c6cccc7ccccc67)c5c4)c3)c3cccc(-c4cccc5ccccc45)c3)cc2)cc1.